The molecule has 1 unspecified atom stereocenters. The Morgan fingerprint density at radius 1 is 1.37 bits per heavy atom. The van der Waals surface area contributed by atoms with Crippen LogP contribution < -0.4 is 0 Å². The molecule has 1 aliphatic rings. The highest BCUT2D eigenvalue weighted by atomic mass is 19.4. The lowest BCUT2D eigenvalue weighted by atomic mass is 9.90. The van der Waals surface area contributed by atoms with Crippen LogP contribution in [-0.4, -0.2) is 29.3 Å². The molecule has 0 bridgehead atoms. The smallest absolute Gasteiger partial charge is 0.392 e. The predicted octanol–water partition coefficient (Wildman–Crippen LogP) is 3.05. The zero-order chi connectivity index (χ0) is 14.0. The summed E-state index contributed by atoms with van der Waals surface area (Å²) in [6.45, 7) is 1.44. The van der Waals surface area contributed by atoms with Crippen LogP contribution in [0.4, 0.5) is 13.2 Å². The van der Waals surface area contributed by atoms with E-state index in [0.29, 0.717) is 19.4 Å². The zero-order valence-electron chi connectivity index (χ0n) is 10.9. The highest BCUT2D eigenvalue weighted by Gasteiger charge is 2.36. The van der Waals surface area contributed by atoms with Crippen molar-refractivity contribution in [3.63, 3.8) is 0 Å². The number of halogens is 3. The SMILES string of the molecule is CCC1c2ccc(CO)cc2CCN1CC(F)(F)F. The third-order valence-corrected chi connectivity index (χ3v) is 3.63. The largest absolute Gasteiger partial charge is 0.401 e. The molecule has 0 spiro atoms. The Balaban J connectivity index is 2.26. The second-order valence-corrected chi connectivity index (χ2v) is 4.95. The second kappa shape index (κ2) is 5.51. The van der Waals surface area contributed by atoms with E-state index in [2.05, 4.69) is 0 Å². The van der Waals surface area contributed by atoms with Crippen LogP contribution in [0, 0.1) is 0 Å². The molecule has 2 nitrogen and oxygen atoms in total. The van der Waals surface area contributed by atoms with Crippen molar-refractivity contribution in [1.29, 1.82) is 0 Å². The van der Waals surface area contributed by atoms with E-state index in [1.54, 1.807) is 6.07 Å². The molecule has 0 radical (unpaired) electrons. The number of hydrogen-bond donors (Lipinski definition) is 1. The normalized spacial score (nSPS) is 20.4. The van der Waals surface area contributed by atoms with E-state index in [1.807, 2.05) is 19.1 Å². The molecule has 2 rings (SSSR count). The fourth-order valence-corrected chi connectivity index (χ4v) is 2.81. The number of fused-ring (bicyclic) bond motifs is 1. The number of benzene rings is 1. The zero-order valence-corrected chi connectivity index (χ0v) is 10.9. The molecule has 1 heterocycles. The van der Waals surface area contributed by atoms with Gasteiger partial charge in [0.1, 0.15) is 0 Å². The summed E-state index contributed by atoms with van der Waals surface area (Å²) in [5.41, 5.74) is 2.85. The molecule has 0 saturated carbocycles. The van der Waals surface area contributed by atoms with Gasteiger partial charge in [-0.05, 0) is 29.5 Å². The van der Waals surface area contributed by atoms with E-state index >= 15 is 0 Å². The molecule has 0 aromatic heterocycles. The molecule has 0 saturated heterocycles. The number of aliphatic hydroxyl groups is 1. The molecule has 1 aromatic carbocycles. The average molecular weight is 273 g/mol. The van der Waals surface area contributed by atoms with Crippen LogP contribution in [0.25, 0.3) is 0 Å². The maximum absolute atomic E-state index is 12.6. The van der Waals surface area contributed by atoms with Gasteiger partial charge in [0, 0.05) is 12.6 Å². The molecule has 0 fully saturated rings. The van der Waals surface area contributed by atoms with Gasteiger partial charge >= 0.3 is 6.18 Å². The lowest BCUT2D eigenvalue weighted by Gasteiger charge is -2.37. The lowest BCUT2D eigenvalue weighted by Crippen LogP contribution is -2.41. The van der Waals surface area contributed by atoms with Crippen molar-refractivity contribution in [1.82, 2.24) is 4.90 Å². The number of aliphatic hydroxyl groups excluding tert-OH is 1. The Bertz CT molecular complexity index is 445. The summed E-state index contributed by atoms with van der Waals surface area (Å²) >= 11 is 0. The van der Waals surface area contributed by atoms with E-state index in [4.69, 9.17) is 5.11 Å². The van der Waals surface area contributed by atoms with Crippen LogP contribution >= 0.6 is 0 Å². The van der Waals surface area contributed by atoms with Crippen LogP contribution in [-0.2, 0) is 13.0 Å². The van der Waals surface area contributed by atoms with Crippen molar-refractivity contribution in [2.45, 2.75) is 38.6 Å². The van der Waals surface area contributed by atoms with Crippen molar-refractivity contribution in [3.05, 3.63) is 34.9 Å². The van der Waals surface area contributed by atoms with Crippen molar-refractivity contribution in [3.8, 4) is 0 Å². The third kappa shape index (κ3) is 3.28. The minimum Gasteiger partial charge on any atom is -0.392 e. The van der Waals surface area contributed by atoms with E-state index in [9.17, 15) is 13.2 Å². The van der Waals surface area contributed by atoms with Crippen LogP contribution in [0.15, 0.2) is 18.2 Å². The Kier molecular flexibility index (Phi) is 4.16. The Morgan fingerprint density at radius 2 is 2.11 bits per heavy atom. The summed E-state index contributed by atoms with van der Waals surface area (Å²) in [7, 11) is 0. The van der Waals surface area contributed by atoms with Gasteiger partial charge in [-0.15, -0.1) is 0 Å². The first kappa shape index (κ1) is 14.3. The van der Waals surface area contributed by atoms with E-state index in [-0.39, 0.29) is 12.6 Å². The van der Waals surface area contributed by atoms with Crippen molar-refractivity contribution in [2.24, 2.45) is 0 Å². The average Bonchev–Trinajstić information content (AvgIpc) is 2.36. The second-order valence-electron chi connectivity index (χ2n) is 4.95. The van der Waals surface area contributed by atoms with Gasteiger partial charge in [-0.2, -0.15) is 13.2 Å². The van der Waals surface area contributed by atoms with Gasteiger partial charge in [0.05, 0.1) is 13.2 Å². The minimum atomic E-state index is -4.16. The molecule has 106 valence electrons. The molecule has 1 aliphatic heterocycles. The molecule has 1 atom stereocenters. The third-order valence-electron chi connectivity index (χ3n) is 3.63. The molecular weight excluding hydrogens is 255 g/mol. The van der Waals surface area contributed by atoms with Crippen LogP contribution in [0.2, 0.25) is 0 Å². The van der Waals surface area contributed by atoms with Gasteiger partial charge in [0.25, 0.3) is 0 Å². The summed E-state index contributed by atoms with van der Waals surface area (Å²) in [6.07, 6.45) is -2.90. The van der Waals surface area contributed by atoms with Gasteiger partial charge in [-0.1, -0.05) is 25.1 Å². The van der Waals surface area contributed by atoms with Crippen molar-refractivity contribution >= 4 is 0 Å². The summed E-state index contributed by atoms with van der Waals surface area (Å²) in [6, 6.07) is 5.37. The van der Waals surface area contributed by atoms with E-state index in [0.717, 1.165) is 16.7 Å². The quantitative estimate of drug-likeness (QED) is 0.915. The maximum Gasteiger partial charge on any atom is 0.401 e. The predicted molar refractivity (Wildman–Crippen MR) is 66.7 cm³/mol. The molecule has 1 aromatic rings. The summed E-state index contributed by atoms with van der Waals surface area (Å²) < 4.78 is 37.7. The maximum atomic E-state index is 12.6. The highest BCUT2D eigenvalue weighted by Crippen LogP contribution is 2.34. The van der Waals surface area contributed by atoms with Crippen molar-refractivity contribution < 1.29 is 18.3 Å². The van der Waals surface area contributed by atoms with Crippen LogP contribution in [0.5, 0.6) is 0 Å². The summed E-state index contributed by atoms with van der Waals surface area (Å²) in [5.74, 6) is 0. The molecule has 19 heavy (non-hydrogen) atoms. The van der Waals surface area contributed by atoms with Crippen LogP contribution in [0.1, 0.15) is 36.1 Å². The molecule has 1 N–H and O–H groups in total. The number of alkyl halides is 3. The number of nitrogens with zero attached hydrogens (tertiary/aromatic N) is 1. The lowest BCUT2D eigenvalue weighted by molar-refractivity contribution is -0.152. The standard InChI is InChI=1S/C14H18F3NO/c1-2-13-12-4-3-10(8-19)7-11(12)5-6-18(13)9-14(15,16)17/h3-4,7,13,19H,2,5-6,8-9H2,1H3. The topological polar surface area (TPSA) is 23.5 Å². The van der Waals surface area contributed by atoms with Crippen molar-refractivity contribution in [2.75, 3.05) is 13.1 Å². The van der Waals surface area contributed by atoms with Gasteiger partial charge < -0.3 is 5.11 Å². The molecular formula is C14H18F3NO. The van der Waals surface area contributed by atoms with E-state index < -0.39 is 12.7 Å². The first-order valence-corrected chi connectivity index (χ1v) is 6.48. The molecule has 5 heteroatoms. The fraction of sp³-hybridized carbons (Fsp3) is 0.571. The monoisotopic (exact) mass is 273 g/mol. The Labute approximate surface area is 110 Å². The number of hydrogen-bond acceptors (Lipinski definition) is 2. The fourth-order valence-electron chi connectivity index (χ4n) is 2.81. The van der Waals surface area contributed by atoms with Crippen LogP contribution in [0.3, 0.4) is 0 Å². The summed E-state index contributed by atoms with van der Waals surface area (Å²) in [5, 5.41) is 9.11. The Hall–Kier alpha value is -1.07. The first-order chi connectivity index (χ1) is 8.94. The Morgan fingerprint density at radius 3 is 2.68 bits per heavy atom. The van der Waals surface area contributed by atoms with Gasteiger partial charge in [-0.25, -0.2) is 0 Å². The van der Waals surface area contributed by atoms with Gasteiger partial charge in [0.2, 0.25) is 0 Å². The minimum absolute atomic E-state index is 0.0314. The first-order valence-electron chi connectivity index (χ1n) is 6.48. The molecule has 0 amide bonds. The van der Waals surface area contributed by atoms with E-state index in [1.165, 1.54) is 4.90 Å². The van der Waals surface area contributed by atoms with Gasteiger partial charge in [-0.3, -0.25) is 4.90 Å². The summed E-state index contributed by atoms with van der Waals surface area (Å²) in [4.78, 5) is 1.50. The van der Waals surface area contributed by atoms with Gasteiger partial charge in [0.15, 0.2) is 0 Å². The highest BCUT2D eigenvalue weighted by molar-refractivity contribution is 5.36. The number of rotatable bonds is 3. The molecule has 0 aliphatic carbocycles.